The quantitative estimate of drug-likeness (QED) is 0.462. The number of nitro benzene ring substituents is 1. The molecular formula is C14H16N2O6. The first-order chi connectivity index (χ1) is 10.5. The van der Waals surface area contributed by atoms with Gasteiger partial charge >= 0.3 is 11.9 Å². The van der Waals surface area contributed by atoms with Gasteiger partial charge in [-0.1, -0.05) is 0 Å². The van der Waals surface area contributed by atoms with Crippen LogP contribution in [0.2, 0.25) is 0 Å². The van der Waals surface area contributed by atoms with E-state index in [1.54, 1.807) is 0 Å². The van der Waals surface area contributed by atoms with Crippen LogP contribution in [0.5, 0.6) is 0 Å². The summed E-state index contributed by atoms with van der Waals surface area (Å²) in [6, 6.07) is 4.07. The third-order valence-electron chi connectivity index (χ3n) is 3.41. The van der Waals surface area contributed by atoms with Crippen molar-refractivity contribution in [1.29, 1.82) is 0 Å². The number of non-ortho nitro benzene ring substituents is 1. The molecule has 1 saturated heterocycles. The highest BCUT2D eigenvalue weighted by Crippen LogP contribution is 2.28. The highest BCUT2D eigenvalue weighted by atomic mass is 16.6. The number of esters is 2. The van der Waals surface area contributed by atoms with Gasteiger partial charge in [-0.15, -0.1) is 0 Å². The molecule has 0 amide bonds. The molecule has 118 valence electrons. The van der Waals surface area contributed by atoms with Crippen molar-refractivity contribution < 1.29 is 24.0 Å². The predicted molar refractivity (Wildman–Crippen MR) is 76.8 cm³/mol. The summed E-state index contributed by atoms with van der Waals surface area (Å²) in [6.07, 6.45) is 1.99. The maximum absolute atomic E-state index is 12.1. The van der Waals surface area contributed by atoms with Crippen molar-refractivity contribution in [1.82, 2.24) is 0 Å². The van der Waals surface area contributed by atoms with Gasteiger partial charge in [0.05, 0.1) is 23.3 Å². The average molecular weight is 308 g/mol. The second kappa shape index (κ2) is 6.88. The number of rotatable bonds is 5. The zero-order chi connectivity index (χ0) is 16.1. The molecule has 2 rings (SSSR count). The molecule has 0 bridgehead atoms. The molecule has 0 N–H and O–H groups in total. The molecule has 1 aromatic rings. The molecule has 0 saturated carbocycles. The number of benzene rings is 1. The van der Waals surface area contributed by atoms with E-state index >= 15 is 0 Å². The summed E-state index contributed by atoms with van der Waals surface area (Å²) in [5.41, 5.74) is 0.464. The fourth-order valence-corrected chi connectivity index (χ4v) is 2.30. The Balaban J connectivity index is 2.28. The van der Waals surface area contributed by atoms with Crippen LogP contribution in [0.1, 0.15) is 23.2 Å². The van der Waals surface area contributed by atoms with Gasteiger partial charge in [0.1, 0.15) is 0 Å². The van der Waals surface area contributed by atoms with E-state index in [0.717, 1.165) is 25.9 Å². The van der Waals surface area contributed by atoms with Crippen LogP contribution < -0.4 is 4.90 Å². The Bertz CT molecular complexity index is 595. The van der Waals surface area contributed by atoms with Crippen molar-refractivity contribution >= 4 is 23.3 Å². The van der Waals surface area contributed by atoms with Gasteiger partial charge in [0, 0.05) is 25.2 Å². The number of carbonyl (C=O) groups is 2. The van der Waals surface area contributed by atoms with Crippen LogP contribution in [0.15, 0.2) is 18.2 Å². The van der Waals surface area contributed by atoms with Crippen LogP contribution in [0, 0.1) is 10.1 Å². The van der Waals surface area contributed by atoms with Gasteiger partial charge in [0.15, 0.2) is 6.61 Å². The van der Waals surface area contributed by atoms with E-state index in [9.17, 15) is 19.7 Å². The lowest BCUT2D eigenvalue weighted by atomic mass is 10.1. The lowest BCUT2D eigenvalue weighted by Gasteiger charge is -2.20. The van der Waals surface area contributed by atoms with E-state index in [4.69, 9.17) is 4.74 Å². The van der Waals surface area contributed by atoms with Crippen molar-refractivity contribution in [3.8, 4) is 0 Å². The van der Waals surface area contributed by atoms with Gasteiger partial charge in [-0.2, -0.15) is 0 Å². The SMILES string of the molecule is COC(=O)COC(=O)c1cc([N+](=O)[O-])ccc1N1CCCC1. The Hall–Kier alpha value is -2.64. The van der Waals surface area contributed by atoms with Crippen molar-refractivity contribution in [2.45, 2.75) is 12.8 Å². The predicted octanol–water partition coefficient (Wildman–Crippen LogP) is 1.52. The monoisotopic (exact) mass is 308 g/mol. The third kappa shape index (κ3) is 3.51. The fraction of sp³-hybridized carbons (Fsp3) is 0.429. The number of methoxy groups -OCH3 is 1. The molecule has 1 aliphatic heterocycles. The van der Waals surface area contributed by atoms with Crippen molar-refractivity contribution in [3.05, 3.63) is 33.9 Å². The fourth-order valence-electron chi connectivity index (χ4n) is 2.30. The lowest BCUT2D eigenvalue weighted by Crippen LogP contribution is -2.22. The molecule has 0 aliphatic carbocycles. The Labute approximate surface area is 126 Å². The van der Waals surface area contributed by atoms with E-state index < -0.39 is 23.5 Å². The molecule has 0 radical (unpaired) electrons. The molecular weight excluding hydrogens is 292 g/mol. The van der Waals surface area contributed by atoms with Gasteiger partial charge in [0.2, 0.25) is 0 Å². The van der Waals surface area contributed by atoms with Gasteiger partial charge in [-0.25, -0.2) is 9.59 Å². The normalized spacial score (nSPS) is 13.8. The van der Waals surface area contributed by atoms with Crippen LogP contribution in [-0.2, 0) is 14.3 Å². The van der Waals surface area contributed by atoms with Gasteiger partial charge in [-0.05, 0) is 18.9 Å². The Morgan fingerprint density at radius 3 is 2.59 bits per heavy atom. The molecule has 8 nitrogen and oxygen atoms in total. The van der Waals surface area contributed by atoms with Crippen molar-refractivity contribution in [2.24, 2.45) is 0 Å². The molecule has 0 unspecified atom stereocenters. The number of nitrogens with zero attached hydrogens (tertiary/aromatic N) is 2. The summed E-state index contributed by atoms with van der Waals surface area (Å²) in [6.45, 7) is 1.02. The third-order valence-corrected chi connectivity index (χ3v) is 3.41. The zero-order valence-electron chi connectivity index (χ0n) is 12.1. The van der Waals surface area contributed by atoms with Gasteiger partial charge in [0.25, 0.3) is 5.69 Å². The standard InChI is InChI=1S/C14H16N2O6/c1-21-13(17)9-22-14(18)11-8-10(16(19)20)4-5-12(11)15-6-2-3-7-15/h4-5,8H,2-3,6-7,9H2,1H3. The Morgan fingerprint density at radius 1 is 1.32 bits per heavy atom. The first-order valence-corrected chi connectivity index (χ1v) is 6.80. The summed E-state index contributed by atoms with van der Waals surface area (Å²) in [5, 5.41) is 10.9. The summed E-state index contributed by atoms with van der Waals surface area (Å²) in [5.74, 6) is -1.47. The van der Waals surface area contributed by atoms with Crippen molar-refractivity contribution in [2.75, 3.05) is 31.7 Å². The van der Waals surface area contributed by atoms with Crippen LogP contribution in [0.3, 0.4) is 0 Å². The van der Waals surface area contributed by atoms with Gasteiger partial charge < -0.3 is 14.4 Å². The number of hydrogen-bond donors (Lipinski definition) is 0. The molecule has 0 spiro atoms. The van der Waals surface area contributed by atoms with Crippen LogP contribution in [0.4, 0.5) is 11.4 Å². The minimum absolute atomic E-state index is 0.0833. The second-order valence-electron chi connectivity index (χ2n) is 4.80. The first-order valence-electron chi connectivity index (χ1n) is 6.80. The van der Waals surface area contributed by atoms with Crippen LogP contribution in [-0.4, -0.2) is 43.7 Å². The molecule has 0 aromatic heterocycles. The summed E-state index contributed by atoms with van der Waals surface area (Å²) in [7, 11) is 1.18. The number of carbonyl (C=O) groups excluding carboxylic acids is 2. The maximum atomic E-state index is 12.1. The first kappa shape index (κ1) is 15.7. The molecule has 8 heteroatoms. The number of hydrogen-bond acceptors (Lipinski definition) is 7. The smallest absolute Gasteiger partial charge is 0.344 e. The van der Waals surface area contributed by atoms with E-state index in [2.05, 4.69) is 4.74 Å². The molecule has 0 atom stereocenters. The van der Waals surface area contributed by atoms with Gasteiger partial charge in [-0.3, -0.25) is 10.1 Å². The highest BCUT2D eigenvalue weighted by Gasteiger charge is 2.24. The minimum atomic E-state index is -0.781. The highest BCUT2D eigenvalue weighted by molar-refractivity contribution is 5.97. The maximum Gasteiger partial charge on any atom is 0.344 e. The summed E-state index contributed by atoms with van der Waals surface area (Å²) < 4.78 is 9.25. The van der Waals surface area contributed by atoms with E-state index in [0.29, 0.717) is 5.69 Å². The van der Waals surface area contributed by atoms with Crippen LogP contribution in [0.25, 0.3) is 0 Å². The topological polar surface area (TPSA) is 99.0 Å². The number of nitro groups is 1. The largest absolute Gasteiger partial charge is 0.466 e. The van der Waals surface area contributed by atoms with Crippen molar-refractivity contribution in [3.63, 3.8) is 0 Å². The zero-order valence-corrected chi connectivity index (χ0v) is 12.1. The summed E-state index contributed by atoms with van der Waals surface area (Å²) >= 11 is 0. The molecule has 1 aromatic carbocycles. The molecule has 1 heterocycles. The Morgan fingerprint density at radius 2 is 2.00 bits per heavy atom. The lowest BCUT2D eigenvalue weighted by molar-refractivity contribution is -0.384. The summed E-state index contributed by atoms with van der Waals surface area (Å²) in [4.78, 5) is 35.5. The van der Waals surface area contributed by atoms with Crippen LogP contribution >= 0.6 is 0 Å². The average Bonchev–Trinajstić information content (AvgIpc) is 3.05. The molecule has 1 fully saturated rings. The molecule has 1 aliphatic rings. The molecule has 22 heavy (non-hydrogen) atoms. The minimum Gasteiger partial charge on any atom is -0.466 e. The second-order valence-corrected chi connectivity index (χ2v) is 4.80. The number of ether oxygens (including phenoxy) is 2. The Kier molecular flexibility index (Phi) is 4.92. The van der Waals surface area contributed by atoms with E-state index in [1.165, 1.54) is 25.3 Å². The van der Waals surface area contributed by atoms with E-state index in [1.807, 2.05) is 4.90 Å². The number of anilines is 1. The van der Waals surface area contributed by atoms with E-state index in [-0.39, 0.29) is 11.3 Å².